The molecule has 114 valence electrons. The number of nitrogens with zero attached hydrogens (tertiary/aromatic N) is 2. The molecule has 0 aromatic carbocycles. The van der Waals surface area contributed by atoms with Gasteiger partial charge in [-0.05, 0) is 19.8 Å². The molecule has 0 spiro atoms. The van der Waals surface area contributed by atoms with Crippen LogP contribution in [-0.2, 0) is 16.2 Å². The molecule has 8 nitrogen and oxygen atoms in total. The molecular formula is C13H14K2N2O6. The van der Waals surface area contributed by atoms with Crippen molar-refractivity contribution in [3.8, 4) is 5.75 Å². The van der Waals surface area contributed by atoms with Crippen molar-refractivity contribution in [2.75, 3.05) is 0 Å². The van der Waals surface area contributed by atoms with Crippen LogP contribution < -0.4 is 113 Å². The van der Waals surface area contributed by atoms with Crippen molar-refractivity contribution in [3.05, 3.63) is 23.0 Å². The molecule has 1 aromatic heterocycles. The first-order valence-corrected chi connectivity index (χ1v) is 6.09. The number of carbonyl (C=O) groups excluding carboxylic acids is 2. The van der Waals surface area contributed by atoms with E-state index in [2.05, 4.69) is 9.98 Å². The Bertz CT molecular complexity index is 580. The molecular weight excluding hydrogens is 358 g/mol. The topological polar surface area (TPSA) is 146 Å². The van der Waals surface area contributed by atoms with E-state index in [1.165, 1.54) is 13.1 Å². The monoisotopic (exact) mass is 372 g/mol. The van der Waals surface area contributed by atoms with Crippen LogP contribution in [0, 0.1) is 6.92 Å². The standard InChI is InChI=1S/C13H16N2O6.2K/c1-7-12(19)9(8(6-16)4-14-7)5-15-10(13(20)21)2-3-11(17)18;;/h4-5,10,16,19H,2-3,6H2,1H3,(H,17,18)(H,20,21);;/q;2*+1/p-2. The number of aromatic hydroxyl groups is 1. The minimum atomic E-state index is -1.54. The third-order valence-corrected chi connectivity index (χ3v) is 2.81. The maximum atomic E-state index is 10.9. The van der Waals surface area contributed by atoms with Crippen molar-refractivity contribution >= 4 is 18.2 Å². The predicted octanol–water partition coefficient (Wildman–Crippen LogP) is -8.34. The van der Waals surface area contributed by atoms with Crippen molar-refractivity contribution < 1.29 is 133 Å². The largest absolute Gasteiger partial charge is 1.00 e. The Morgan fingerprint density at radius 2 is 2.00 bits per heavy atom. The van der Waals surface area contributed by atoms with Gasteiger partial charge in [0.05, 0.1) is 24.3 Å². The van der Waals surface area contributed by atoms with E-state index in [0.29, 0.717) is 0 Å². The van der Waals surface area contributed by atoms with E-state index in [1.807, 2.05) is 0 Å². The average molecular weight is 372 g/mol. The minimum absolute atomic E-state index is 0. The third-order valence-electron chi connectivity index (χ3n) is 2.81. The van der Waals surface area contributed by atoms with Gasteiger partial charge in [0.25, 0.3) is 0 Å². The fourth-order valence-electron chi connectivity index (χ4n) is 1.59. The first-order valence-electron chi connectivity index (χ1n) is 6.09. The molecule has 23 heavy (non-hydrogen) atoms. The van der Waals surface area contributed by atoms with E-state index in [9.17, 15) is 24.9 Å². The molecule has 1 heterocycles. The van der Waals surface area contributed by atoms with Crippen molar-refractivity contribution in [1.82, 2.24) is 4.98 Å². The first kappa shape index (κ1) is 26.0. The van der Waals surface area contributed by atoms with E-state index < -0.39 is 31.0 Å². The number of carboxylic acid groups (broad SMARTS) is 2. The van der Waals surface area contributed by atoms with Crippen LogP contribution in [0.4, 0.5) is 0 Å². The van der Waals surface area contributed by atoms with Gasteiger partial charge in [-0.3, -0.25) is 9.98 Å². The number of pyridine rings is 1. The summed E-state index contributed by atoms with van der Waals surface area (Å²) in [6, 6.07) is -1.39. The summed E-state index contributed by atoms with van der Waals surface area (Å²) in [7, 11) is 0. The van der Waals surface area contributed by atoms with Crippen LogP contribution in [-0.4, -0.2) is 39.4 Å². The number of rotatable bonds is 7. The van der Waals surface area contributed by atoms with Gasteiger partial charge in [0, 0.05) is 29.5 Å². The molecule has 1 unspecified atom stereocenters. The van der Waals surface area contributed by atoms with Gasteiger partial charge in [0.15, 0.2) is 0 Å². The minimum Gasteiger partial charge on any atom is -0.550 e. The summed E-state index contributed by atoms with van der Waals surface area (Å²) in [5, 5.41) is 40.2. The van der Waals surface area contributed by atoms with Crippen LogP contribution in [0.25, 0.3) is 0 Å². The molecule has 1 rings (SSSR count). The molecule has 2 N–H and O–H groups in total. The van der Waals surface area contributed by atoms with Crippen LogP contribution in [0.15, 0.2) is 11.2 Å². The van der Waals surface area contributed by atoms with Crippen molar-refractivity contribution in [2.24, 2.45) is 4.99 Å². The zero-order valence-electron chi connectivity index (χ0n) is 13.3. The Morgan fingerprint density at radius 1 is 1.39 bits per heavy atom. The van der Waals surface area contributed by atoms with Gasteiger partial charge < -0.3 is 30.0 Å². The molecule has 0 saturated carbocycles. The maximum Gasteiger partial charge on any atom is 1.00 e. The molecule has 1 aromatic rings. The number of aryl methyl sites for hydroxylation is 1. The summed E-state index contributed by atoms with van der Waals surface area (Å²) in [6.07, 6.45) is 1.61. The Labute approximate surface area is 218 Å². The van der Waals surface area contributed by atoms with E-state index in [4.69, 9.17) is 5.11 Å². The average Bonchev–Trinajstić information content (AvgIpc) is 2.42. The molecule has 0 saturated heterocycles. The Kier molecular flexibility index (Phi) is 14.8. The summed E-state index contributed by atoms with van der Waals surface area (Å²) in [5.74, 6) is -3.17. The summed E-state index contributed by atoms with van der Waals surface area (Å²) in [6.45, 7) is 1.11. The molecule has 0 amide bonds. The van der Waals surface area contributed by atoms with Crippen molar-refractivity contribution in [2.45, 2.75) is 32.4 Å². The number of aliphatic hydroxyl groups is 1. The molecule has 0 radical (unpaired) electrons. The van der Waals surface area contributed by atoms with Crippen molar-refractivity contribution in [3.63, 3.8) is 0 Å². The van der Waals surface area contributed by atoms with Crippen LogP contribution >= 0.6 is 0 Å². The van der Waals surface area contributed by atoms with Gasteiger partial charge in [-0.15, -0.1) is 0 Å². The van der Waals surface area contributed by atoms with Gasteiger partial charge in [-0.2, -0.15) is 0 Å². The van der Waals surface area contributed by atoms with E-state index in [-0.39, 0.29) is 132 Å². The van der Waals surface area contributed by atoms with Gasteiger partial charge >= 0.3 is 103 Å². The van der Waals surface area contributed by atoms with Gasteiger partial charge in [0.2, 0.25) is 0 Å². The molecule has 0 aliphatic rings. The second-order valence-corrected chi connectivity index (χ2v) is 4.31. The smallest absolute Gasteiger partial charge is 0.550 e. The normalized spacial score (nSPS) is 11.4. The number of aliphatic hydroxyl groups excluding tert-OH is 1. The van der Waals surface area contributed by atoms with Gasteiger partial charge in [-0.1, -0.05) is 0 Å². The third kappa shape index (κ3) is 8.63. The molecule has 1 atom stereocenters. The number of aliphatic imine (C=N–C) groups is 1. The van der Waals surface area contributed by atoms with E-state index in [1.54, 1.807) is 0 Å². The molecule has 0 bridgehead atoms. The Hall–Kier alpha value is 0.793. The molecule has 0 aliphatic heterocycles. The number of aliphatic carboxylic acids is 2. The number of hydrogen-bond acceptors (Lipinski definition) is 8. The van der Waals surface area contributed by atoms with E-state index >= 15 is 0 Å². The first-order chi connectivity index (χ1) is 9.86. The Morgan fingerprint density at radius 3 is 2.48 bits per heavy atom. The number of carboxylic acids is 2. The van der Waals surface area contributed by atoms with Crippen LogP contribution in [0.3, 0.4) is 0 Å². The zero-order chi connectivity index (χ0) is 16.0. The summed E-state index contributed by atoms with van der Waals surface area (Å²) < 4.78 is 0. The van der Waals surface area contributed by atoms with Gasteiger partial charge in [-0.25, -0.2) is 0 Å². The van der Waals surface area contributed by atoms with Crippen LogP contribution in [0.1, 0.15) is 29.7 Å². The second-order valence-electron chi connectivity index (χ2n) is 4.31. The zero-order valence-corrected chi connectivity index (χ0v) is 19.5. The van der Waals surface area contributed by atoms with Crippen LogP contribution in [0.2, 0.25) is 0 Å². The summed E-state index contributed by atoms with van der Waals surface area (Å²) in [4.78, 5) is 28.8. The SMILES string of the molecule is Cc1ncc(CO)c(C=NC(CCC(=O)[O-])C(=O)[O-])c1O.[K+].[K+]. The fourth-order valence-corrected chi connectivity index (χ4v) is 1.59. The molecule has 10 heteroatoms. The fraction of sp³-hybridized carbons (Fsp3) is 0.385. The van der Waals surface area contributed by atoms with Crippen molar-refractivity contribution in [1.29, 1.82) is 0 Å². The van der Waals surface area contributed by atoms with Crippen LogP contribution in [0.5, 0.6) is 5.75 Å². The second kappa shape index (κ2) is 13.1. The maximum absolute atomic E-state index is 10.9. The predicted molar refractivity (Wildman–Crippen MR) is 67.2 cm³/mol. The quantitative estimate of drug-likeness (QED) is 0.357. The summed E-state index contributed by atoms with van der Waals surface area (Å²) >= 11 is 0. The number of carbonyl (C=O) groups is 2. The molecule has 0 aliphatic carbocycles. The summed E-state index contributed by atoms with van der Waals surface area (Å²) in [5.41, 5.74) is 0.678. The van der Waals surface area contributed by atoms with Gasteiger partial charge in [0.1, 0.15) is 5.75 Å². The van der Waals surface area contributed by atoms with E-state index in [0.717, 1.165) is 6.21 Å². The number of aromatic nitrogens is 1. The Balaban J connectivity index is 0. The number of hydrogen-bond donors (Lipinski definition) is 2. The molecule has 0 fully saturated rings.